The Balaban J connectivity index is 2.35. The molecule has 0 saturated carbocycles. The number of sulfonamides is 1. The quantitative estimate of drug-likeness (QED) is 0.757. The summed E-state index contributed by atoms with van der Waals surface area (Å²) in [4.78, 5) is 3.96. The number of thiophene rings is 1. The number of hydrogen-bond donors (Lipinski definition) is 0. The van der Waals surface area contributed by atoms with Gasteiger partial charge in [-0.3, -0.25) is 4.98 Å². The highest BCUT2D eigenvalue weighted by Crippen LogP contribution is 2.43. The Labute approximate surface area is 139 Å². The molecule has 0 spiro atoms. The third kappa shape index (κ3) is 3.18. The minimum absolute atomic E-state index is 0.000516. The lowest BCUT2D eigenvalue weighted by atomic mass is 10.3. The maximum Gasteiger partial charge on any atom is 0.246 e. The van der Waals surface area contributed by atoms with Gasteiger partial charge in [-0.1, -0.05) is 29.3 Å². The van der Waals surface area contributed by atoms with Crippen LogP contribution in [0.15, 0.2) is 33.9 Å². The minimum Gasteiger partial charge on any atom is -0.264 e. The van der Waals surface area contributed by atoms with E-state index < -0.39 is 10.0 Å². The van der Waals surface area contributed by atoms with Crippen LogP contribution in [0, 0.1) is 0 Å². The molecule has 9 heteroatoms. The second-order valence-electron chi connectivity index (χ2n) is 3.91. The van der Waals surface area contributed by atoms with Crippen molar-refractivity contribution in [3.8, 4) is 0 Å². The Morgan fingerprint density at radius 2 is 2.10 bits per heavy atom. The van der Waals surface area contributed by atoms with E-state index in [2.05, 4.69) is 20.9 Å². The lowest BCUT2D eigenvalue weighted by molar-refractivity contribution is 0.466. The average molecular weight is 416 g/mol. The Morgan fingerprint density at radius 3 is 2.60 bits per heavy atom. The highest BCUT2D eigenvalue weighted by molar-refractivity contribution is 9.10. The van der Waals surface area contributed by atoms with Crippen molar-refractivity contribution in [1.82, 2.24) is 9.29 Å². The van der Waals surface area contributed by atoms with E-state index in [4.69, 9.17) is 23.2 Å². The highest BCUT2D eigenvalue weighted by atomic mass is 79.9. The van der Waals surface area contributed by atoms with Crippen molar-refractivity contribution < 1.29 is 8.42 Å². The molecule has 0 unspecified atom stereocenters. The molecular weight excluding hydrogens is 407 g/mol. The van der Waals surface area contributed by atoms with E-state index >= 15 is 0 Å². The molecule has 2 aromatic rings. The number of hydrogen-bond acceptors (Lipinski definition) is 4. The Bertz CT molecular complexity index is 720. The summed E-state index contributed by atoms with van der Waals surface area (Å²) in [5.74, 6) is 0. The van der Waals surface area contributed by atoms with Gasteiger partial charge in [-0.2, -0.15) is 4.31 Å². The fourth-order valence-corrected chi connectivity index (χ4v) is 6.18. The van der Waals surface area contributed by atoms with Crippen LogP contribution in [0.2, 0.25) is 8.67 Å². The predicted molar refractivity (Wildman–Crippen MR) is 84.9 cm³/mol. The van der Waals surface area contributed by atoms with Gasteiger partial charge in [-0.15, -0.1) is 11.3 Å². The lowest BCUT2D eigenvalue weighted by Crippen LogP contribution is -2.26. The Hall–Kier alpha value is -0.180. The zero-order valence-electron chi connectivity index (χ0n) is 10.2. The van der Waals surface area contributed by atoms with E-state index in [1.807, 2.05) is 0 Å². The normalized spacial score (nSPS) is 12.1. The van der Waals surface area contributed by atoms with Crippen molar-refractivity contribution in [2.24, 2.45) is 0 Å². The molecule has 0 aliphatic heterocycles. The first-order chi connectivity index (χ1) is 9.34. The minimum atomic E-state index is -3.72. The number of halogens is 3. The first-order valence-corrected chi connectivity index (χ1v) is 9.13. The number of nitrogens with zero attached hydrogens (tertiary/aromatic N) is 2. The summed E-state index contributed by atoms with van der Waals surface area (Å²) in [5, 5.41) is 0. The van der Waals surface area contributed by atoms with Gasteiger partial charge in [0.15, 0.2) is 0 Å². The molecule has 20 heavy (non-hydrogen) atoms. The molecular formula is C11H9BrCl2N2O2S2. The summed E-state index contributed by atoms with van der Waals surface area (Å²) >= 11 is 16.0. The number of pyridine rings is 1. The Kier molecular flexibility index (Phi) is 5.09. The van der Waals surface area contributed by atoms with E-state index in [0.717, 1.165) is 16.9 Å². The van der Waals surface area contributed by atoms with Crippen molar-refractivity contribution in [3.05, 3.63) is 43.2 Å². The second-order valence-corrected chi connectivity index (χ2v) is 8.91. The molecule has 0 atom stereocenters. The largest absolute Gasteiger partial charge is 0.264 e. The lowest BCUT2D eigenvalue weighted by Gasteiger charge is -2.17. The van der Waals surface area contributed by atoms with Crippen LogP contribution in [0.25, 0.3) is 0 Å². The molecule has 0 aliphatic rings. The first kappa shape index (κ1) is 16.2. The van der Waals surface area contributed by atoms with E-state index in [1.165, 1.54) is 11.4 Å². The van der Waals surface area contributed by atoms with Crippen molar-refractivity contribution in [3.63, 3.8) is 0 Å². The van der Waals surface area contributed by atoms with Crippen LogP contribution in [-0.2, 0) is 16.6 Å². The predicted octanol–water partition coefficient (Wildman–Crippen LogP) is 4.03. The topological polar surface area (TPSA) is 50.3 Å². The van der Waals surface area contributed by atoms with E-state index in [9.17, 15) is 8.42 Å². The zero-order chi connectivity index (χ0) is 14.9. The van der Waals surface area contributed by atoms with Crippen LogP contribution in [-0.4, -0.2) is 24.8 Å². The fraction of sp³-hybridized carbons (Fsp3) is 0.182. The van der Waals surface area contributed by atoms with Crippen LogP contribution in [0.1, 0.15) is 5.56 Å². The van der Waals surface area contributed by atoms with Gasteiger partial charge < -0.3 is 0 Å². The third-order valence-electron chi connectivity index (χ3n) is 2.53. The van der Waals surface area contributed by atoms with Gasteiger partial charge in [0, 0.05) is 26.0 Å². The molecule has 2 aromatic heterocycles. The molecule has 2 rings (SSSR count). The SMILES string of the molecule is CN(Cc1cccnc1)S(=O)(=O)c1c(Cl)sc(Cl)c1Br. The van der Waals surface area contributed by atoms with Crippen molar-refractivity contribution in [1.29, 1.82) is 0 Å². The summed E-state index contributed by atoms with van der Waals surface area (Å²) in [7, 11) is -2.24. The van der Waals surface area contributed by atoms with Crippen molar-refractivity contribution in [2.75, 3.05) is 7.05 Å². The van der Waals surface area contributed by atoms with Crippen LogP contribution in [0.3, 0.4) is 0 Å². The van der Waals surface area contributed by atoms with E-state index in [1.54, 1.807) is 24.5 Å². The number of aromatic nitrogens is 1. The molecule has 0 fully saturated rings. The summed E-state index contributed by atoms with van der Waals surface area (Å²) in [6.07, 6.45) is 3.24. The first-order valence-electron chi connectivity index (χ1n) is 5.32. The number of rotatable bonds is 4. The fourth-order valence-electron chi connectivity index (χ4n) is 1.55. The standard InChI is InChI=1S/C11H9BrCl2N2O2S2/c1-16(6-7-3-2-4-15-5-7)20(17,18)9-8(12)10(13)19-11(9)14/h2-5H,6H2,1H3. The molecule has 108 valence electrons. The summed E-state index contributed by atoms with van der Waals surface area (Å²) in [5.41, 5.74) is 0.784. The molecule has 0 aromatic carbocycles. The maximum atomic E-state index is 12.5. The van der Waals surface area contributed by atoms with Crippen molar-refractivity contribution >= 4 is 60.5 Å². The summed E-state index contributed by atoms with van der Waals surface area (Å²) in [6.45, 7) is 0.201. The van der Waals surface area contributed by atoms with Gasteiger partial charge in [0.2, 0.25) is 10.0 Å². The van der Waals surface area contributed by atoms with Gasteiger partial charge in [0.05, 0.1) is 4.47 Å². The molecule has 0 radical (unpaired) electrons. The van der Waals surface area contributed by atoms with Crippen LogP contribution in [0.5, 0.6) is 0 Å². The van der Waals surface area contributed by atoms with Gasteiger partial charge in [0.1, 0.15) is 13.6 Å². The molecule has 2 heterocycles. The van der Waals surface area contributed by atoms with Gasteiger partial charge in [-0.25, -0.2) is 8.42 Å². The zero-order valence-corrected chi connectivity index (χ0v) is 14.9. The van der Waals surface area contributed by atoms with Crippen LogP contribution >= 0.6 is 50.5 Å². The van der Waals surface area contributed by atoms with Gasteiger partial charge in [-0.05, 0) is 27.6 Å². The molecule has 0 N–H and O–H groups in total. The summed E-state index contributed by atoms with van der Waals surface area (Å²) in [6, 6.07) is 3.55. The van der Waals surface area contributed by atoms with Crippen LogP contribution < -0.4 is 0 Å². The highest BCUT2D eigenvalue weighted by Gasteiger charge is 2.30. The molecule has 0 saturated heterocycles. The maximum absolute atomic E-state index is 12.5. The second kappa shape index (κ2) is 6.29. The van der Waals surface area contributed by atoms with Gasteiger partial charge >= 0.3 is 0 Å². The monoisotopic (exact) mass is 414 g/mol. The Morgan fingerprint density at radius 1 is 1.40 bits per heavy atom. The molecule has 0 aliphatic carbocycles. The summed E-state index contributed by atoms with van der Waals surface area (Å²) < 4.78 is 27.0. The van der Waals surface area contributed by atoms with E-state index in [-0.39, 0.29) is 15.8 Å². The average Bonchev–Trinajstić information content (AvgIpc) is 2.64. The molecule has 4 nitrogen and oxygen atoms in total. The third-order valence-corrected chi connectivity index (χ3v) is 7.79. The molecule has 0 bridgehead atoms. The van der Waals surface area contributed by atoms with Crippen LogP contribution in [0.4, 0.5) is 0 Å². The van der Waals surface area contributed by atoms with E-state index in [0.29, 0.717) is 8.81 Å². The molecule has 0 amide bonds. The smallest absolute Gasteiger partial charge is 0.246 e. The van der Waals surface area contributed by atoms with Crippen molar-refractivity contribution in [2.45, 2.75) is 11.4 Å². The van der Waals surface area contributed by atoms with Gasteiger partial charge in [0.25, 0.3) is 0 Å².